The lowest BCUT2D eigenvalue weighted by Gasteiger charge is -2.34. The molecule has 2 N–H and O–H groups in total. The number of benzene rings is 1. The van der Waals surface area contributed by atoms with Crippen LogP contribution in [0.15, 0.2) is 23.2 Å². The van der Waals surface area contributed by atoms with Crippen LogP contribution in [-0.4, -0.2) is 62.8 Å². The first-order valence-electron chi connectivity index (χ1n) is 9.61. The Morgan fingerprint density at radius 3 is 2.52 bits per heavy atom. The monoisotopic (exact) mass is 542 g/mol. The number of hydrogen-bond acceptors (Lipinski definition) is 4. The van der Waals surface area contributed by atoms with Crippen LogP contribution in [0.2, 0.25) is 0 Å². The van der Waals surface area contributed by atoms with E-state index in [1.54, 1.807) is 13.0 Å². The van der Waals surface area contributed by atoms with Gasteiger partial charge in [0.25, 0.3) is 0 Å². The van der Waals surface area contributed by atoms with Crippen molar-refractivity contribution in [3.63, 3.8) is 0 Å². The van der Waals surface area contributed by atoms with E-state index in [1.165, 1.54) is 10.4 Å². The molecule has 1 fully saturated rings. The summed E-state index contributed by atoms with van der Waals surface area (Å²) in [5, 5.41) is 6.12. The van der Waals surface area contributed by atoms with Gasteiger partial charge in [-0.3, -0.25) is 0 Å². The van der Waals surface area contributed by atoms with Crippen LogP contribution in [0.1, 0.15) is 31.9 Å². The van der Waals surface area contributed by atoms with Crippen molar-refractivity contribution in [2.24, 2.45) is 4.99 Å². The topological polar surface area (TPSA) is 83.0 Å². The Balaban J connectivity index is 0.00000420. The first-order chi connectivity index (χ1) is 13.2. The van der Waals surface area contributed by atoms with Gasteiger partial charge in [-0.1, -0.05) is 12.1 Å². The Kier molecular flexibility index (Phi) is 10.8. The highest BCUT2D eigenvalue weighted by molar-refractivity contribution is 14.0. The van der Waals surface area contributed by atoms with Crippen molar-refractivity contribution in [2.45, 2.75) is 46.4 Å². The lowest BCUT2D eigenvalue weighted by Crippen LogP contribution is -2.50. The summed E-state index contributed by atoms with van der Waals surface area (Å²) in [4.78, 5) is 4.41. The molecule has 1 aliphatic heterocycles. The van der Waals surface area contributed by atoms with E-state index in [0.29, 0.717) is 37.7 Å². The Morgan fingerprint density at radius 2 is 1.93 bits per heavy atom. The summed E-state index contributed by atoms with van der Waals surface area (Å²) >= 11 is 0. The molecule has 0 aliphatic carbocycles. The summed E-state index contributed by atoms with van der Waals surface area (Å²) in [5.74, 6) is 0.212. The predicted octanol–water partition coefficient (Wildman–Crippen LogP) is 2.25. The molecule has 1 aromatic carbocycles. The summed E-state index contributed by atoms with van der Waals surface area (Å²) in [6.45, 7) is 9.31. The highest BCUT2D eigenvalue weighted by Gasteiger charge is 2.30. The highest BCUT2D eigenvalue weighted by atomic mass is 127. The fourth-order valence-corrected chi connectivity index (χ4v) is 4.52. The van der Waals surface area contributed by atoms with Crippen LogP contribution in [0.3, 0.4) is 0 Å². The van der Waals surface area contributed by atoms with E-state index in [1.807, 2.05) is 26.8 Å². The van der Waals surface area contributed by atoms with Gasteiger partial charge < -0.3 is 15.4 Å². The minimum absolute atomic E-state index is 0. The maximum Gasteiger partial charge on any atom is 0.216 e. The first kappa shape index (κ1) is 26.1. The van der Waals surface area contributed by atoms with E-state index < -0.39 is 10.0 Å². The third-order valence-electron chi connectivity index (χ3n) is 4.43. The maximum atomic E-state index is 13.7. The van der Waals surface area contributed by atoms with Gasteiger partial charge in [-0.2, -0.15) is 4.31 Å². The zero-order valence-corrected chi connectivity index (χ0v) is 20.6. The summed E-state index contributed by atoms with van der Waals surface area (Å²) in [6.07, 6.45) is -0.222. The standard InChI is InChI=1S/C19H31FN4O3S.HI/c1-5-21-19(23-11-17-7-6-14(2)18(20)10-17)22-8-9-28(25,26)24-12-15(3)27-16(4)13-24;/h6-7,10,15-16H,5,8-9,11-13H2,1-4H3,(H2,21,22,23);1H. The van der Waals surface area contributed by atoms with Crippen LogP contribution in [0.25, 0.3) is 0 Å². The number of nitrogens with zero attached hydrogens (tertiary/aromatic N) is 2. The van der Waals surface area contributed by atoms with Gasteiger partial charge in [-0.15, -0.1) is 24.0 Å². The van der Waals surface area contributed by atoms with Gasteiger partial charge in [-0.25, -0.2) is 17.8 Å². The Bertz CT molecular complexity index is 782. The van der Waals surface area contributed by atoms with Crippen LogP contribution in [0.5, 0.6) is 0 Å². The van der Waals surface area contributed by atoms with E-state index in [4.69, 9.17) is 4.74 Å². The molecule has 1 heterocycles. The van der Waals surface area contributed by atoms with Gasteiger partial charge in [0.1, 0.15) is 5.82 Å². The smallest absolute Gasteiger partial charge is 0.216 e. The molecular weight excluding hydrogens is 510 g/mol. The lowest BCUT2D eigenvalue weighted by atomic mass is 10.1. The fourth-order valence-electron chi connectivity index (χ4n) is 3.03. The van der Waals surface area contributed by atoms with Crippen molar-refractivity contribution in [1.82, 2.24) is 14.9 Å². The zero-order valence-electron chi connectivity index (χ0n) is 17.4. The molecule has 1 aliphatic rings. The Labute approximate surface area is 190 Å². The number of hydrogen-bond donors (Lipinski definition) is 2. The van der Waals surface area contributed by atoms with E-state index in [-0.39, 0.29) is 54.3 Å². The van der Waals surface area contributed by atoms with Crippen molar-refractivity contribution >= 4 is 40.0 Å². The molecule has 0 radical (unpaired) electrons. The molecule has 10 heteroatoms. The molecule has 7 nitrogen and oxygen atoms in total. The molecule has 0 saturated carbocycles. The number of ether oxygens (including phenoxy) is 1. The zero-order chi connectivity index (χ0) is 20.7. The average molecular weight is 542 g/mol. The molecule has 0 aromatic heterocycles. The molecule has 2 atom stereocenters. The van der Waals surface area contributed by atoms with Gasteiger partial charge in [0.2, 0.25) is 10.0 Å². The average Bonchev–Trinajstić information content (AvgIpc) is 2.61. The van der Waals surface area contributed by atoms with E-state index in [0.717, 1.165) is 5.56 Å². The third-order valence-corrected chi connectivity index (χ3v) is 6.24. The second-order valence-corrected chi connectivity index (χ2v) is 9.18. The predicted molar refractivity (Wildman–Crippen MR) is 125 cm³/mol. The van der Waals surface area contributed by atoms with Gasteiger partial charge in [0.05, 0.1) is 24.5 Å². The number of guanidine groups is 1. The number of aliphatic imine (C=N–C) groups is 1. The molecular formula is C19H32FIN4O3S. The molecule has 29 heavy (non-hydrogen) atoms. The molecule has 2 unspecified atom stereocenters. The molecule has 0 spiro atoms. The maximum absolute atomic E-state index is 13.7. The largest absolute Gasteiger partial charge is 0.373 e. The van der Waals surface area contributed by atoms with Crippen molar-refractivity contribution in [1.29, 1.82) is 0 Å². The summed E-state index contributed by atoms with van der Waals surface area (Å²) in [7, 11) is -3.38. The van der Waals surface area contributed by atoms with Crippen LogP contribution >= 0.6 is 24.0 Å². The number of rotatable bonds is 7. The summed E-state index contributed by atoms with van der Waals surface area (Å²) in [6, 6.07) is 5.02. The van der Waals surface area contributed by atoms with E-state index in [2.05, 4.69) is 15.6 Å². The highest BCUT2D eigenvalue weighted by Crippen LogP contribution is 2.14. The first-order valence-corrected chi connectivity index (χ1v) is 11.2. The van der Waals surface area contributed by atoms with Crippen LogP contribution in [-0.2, 0) is 21.3 Å². The van der Waals surface area contributed by atoms with Crippen LogP contribution < -0.4 is 10.6 Å². The summed E-state index contributed by atoms with van der Waals surface area (Å²) < 4.78 is 45.9. The van der Waals surface area contributed by atoms with E-state index in [9.17, 15) is 12.8 Å². The molecule has 0 amide bonds. The normalized spacial score (nSPS) is 20.8. The number of sulfonamides is 1. The number of morpholine rings is 1. The van der Waals surface area contributed by atoms with Gasteiger partial charge >= 0.3 is 0 Å². The van der Waals surface area contributed by atoms with Crippen molar-refractivity contribution in [2.75, 3.05) is 31.9 Å². The van der Waals surface area contributed by atoms with Crippen molar-refractivity contribution in [3.05, 3.63) is 35.1 Å². The molecule has 0 bridgehead atoms. The second-order valence-electron chi connectivity index (χ2n) is 7.10. The number of aryl methyl sites for hydroxylation is 1. The summed E-state index contributed by atoms with van der Waals surface area (Å²) in [5.41, 5.74) is 1.35. The van der Waals surface area contributed by atoms with Crippen molar-refractivity contribution < 1.29 is 17.5 Å². The molecule has 1 aromatic rings. The molecule has 166 valence electrons. The SMILES string of the molecule is CCNC(=NCc1ccc(C)c(F)c1)NCCS(=O)(=O)N1CC(C)OC(C)C1.I. The van der Waals surface area contributed by atoms with E-state index >= 15 is 0 Å². The Hall–Kier alpha value is -0.980. The lowest BCUT2D eigenvalue weighted by molar-refractivity contribution is -0.0440. The van der Waals surface area contributed by atoms with Gasteiger partial charge in [0.15, 0.2) is 5.96 Å². The number of halogens is 2. The third kappa shape index (κ3) is 8.35. The van der Waals surface area contributed by atoms with Gasteiger partial charge in [0, 0.05) is 26.2 Å². The second kappa shape index (κ2) is 12.0. The minimum Gasteiger partial charge on any atom is -0.373 e. The fraction of sp³-hybridized carbons (Fsp3) is 0.632. The van der Waals surface area contributed by atoms with Crippen molar-refractivity contribution in [3.8, 4) is 0 Å². The molecule has 1 saturated heterocycles. The van der Waals surface area contributed by atoms with Crippen LogP contribution in [0.4, 0.5) is 4.39 Å². The van der Waals surface area contributed by atoms with Crippen LogP contribution in [0, 0.1) is 12.7 Å². The van der Waals surface area contributed by atoms with Gasteiger partial charge in [-0.05, 0) is 44.9 Å². The number of nitrogens with one attached hydrogen (secondary N) is 2. The minimum atomic E-state index is -3.38. The quantitative estimate of drug-likeness (QED) is 0.314. The molecule has 2 rings (SSSR count). The Morgan fingerprint density at radius 1 is 1.28 bits per heavy atom.